The van der Waals surface area contributed by atoms with E-state index in [9.17, 15) is 4.79 Å². The first-order chi connectivity index (χ1) is 9.97. The molecule has 0 fully saturated rings. The summed E-state index contributed by atoms with van der Waals surface area (Å²) >= 11 is 7.07. The van der Waals surface area contributed by atoms with E-state index < -0.39 is 0 Å². The molecule has 3 nitrogen and oxygen atoms in total. The molecular formula is C16H18Br2N2O. The molecule has 112 valence electrons. The van der Waals surface area contributed by atoms with Crippen LogP contribution in [0.4, 0.5) is 0 Å². The molecular weight excluding hydrogens is 396 g/mol. The summed E-state index contributed by atoms with van der Waals surface area (Å²) in [6.45, 7) is 6.87. The molecule has 2 aromatic rings. The average molecular weight is 414 g/mol. The molecule has 0 aliphatic carbocycles. The van der Waals surface area contributed by atoms with E-state index in [0.29, 0.717) is 6.42 Å². The monoisotopic (exact) mass is 412 g/mol. The predicted molar refractivity (Wildman–Crippen MR) is 91.9 cm³/mol. The quantitative estimate of drug-likeness (QED) is 0.664. The van der Waals surface area contributed by atoms with E-state index in [1.54, 1.807) is 0 Å². The van der Waals surface area contributed by atoms with Gasteiger partial charge in [0.15, 0.2) is 5.78 Å². The molecule has 0 N–H and O–H groups in total. The highest BCUT2D eigenvalue weighted by molar-refractivity contribution is 9.10. The number of halogens is 2. The van der Waals surface area contributed by atoms with Gasteiger partial charge >= 0.3 is 0 Å². The highest BCUT2D eigenvalue weighted by Crippen LogP contribution is 2.26. The maximum absolute atomic E-state index is 12.6. The highest BCUT2D eigenvalue weighted by atomic mass is 79.9. The minimum Gasteiger partial charge on any atom is -0.294 e. The number of hydrogen-bond acceptors (Lipinski definition) is 2. The summed E-state index contributed by atoms with van der Waals surface area (Å²) in [5, 5.41) is 4.54. The van der Waals surface area contributed by atoms with Crippen LogP contribution in [0, 0.1) is 6.92 Å². The van der Waals surface area contributed by atoms with Crippen LogP contribution in [0.15, 0.2) is 27.1 Å². The minimum atomic E-state index is 0.0971. The second kappa shape index (κ2) is 6.88. The van der Waals surface area contributed by atoms with Crippen LogP contribution in [0.3, 0.4) is 0 Å². The Morgan fingerprint density at radius 3 is 2.57 bits per heavy atom. The lowest BCUT2D eigenvalue weighted by molar-refractivity contribution is 0.0989. The Morgan fingerprint density at radius 1 is 1.29 bits per heavy atom. The SMILES string of the molecule is CCc1nn(CC)c(CC(=O)c2ccc(C)cc2Br)c1Br. The van der Waals surface area contributed by atoms with Crippen LogP contribution in [-0.4, -0.2) is 15.6 Å². The third-order valence-corrected chi connectivity index (χ3v) is 5.02. The molecule has 0 aliphatic heterocycles. The van der Waals surface area contributed by atoms with Crippen LogP contribution in [0.2, 0.25) is 0 Å². The maximum Gasteiger partial charge on any atom is 0.169 e. The number of nitrogens with zero attached hydrogens (tertiary/aromatic N) is 2. The van der Waals surface area contributed by atoms with Gasteiger partial charge in [-0.2, -0.15) is 5.10 Å². The van der Waals surface area contributed by atoms with E-state index in [1.807, 2.05) is 36.7 Å². The molecule has 1 aromatic carbocycles. The van der Waals surface area contributed by atoms with E-state index in [4.69, 9.17) is 0 Å². The Bertz CT molecular complexity index is 677. The van der Waals surface area contributed by atoms with E-state index in [1.165, 1.54) is 0 Å². The third kappa shape index (κ3) is 3.46. The molecule has 0 bridgehead atoms. The van der Waals surface area contributed by atoms with Crippen LogP contribution in [0.1, 0.15) is 41.2 Å². The Morgan fingerprint density at radius 2 is 2.00 bits per heavy atom. The topological polar surface area (TPSA) is 34.9 Å². The van der Waals surface area contributed by atoms with Crippen molar-refractivity contribution in [2.45, 2.75) is 40.2 Å². The Balaban J connectivity index is 2.33. The zero-order chi connectivity index (χ0) is 15.6. The summed E-state index contributed by atoms with van der Waals surface area (Å²) in [6.07, 6.45) is 1.20. The van der Waals surface area contributed by atoms with Crippen LogP contribution in [-0.2, 0) is 19.4 Å². The van der Waals surface area contributed by atoms with Crippen LogP contribution < -0.4 is 0 Å². The van der Waals surface area contributed by atoms with Crippen molar-refractivity contribution in [2.24, 2.45) is 0 Å². The fourth-order valence-corrected chi connectivity index (χ4v) is 3.70. The first-order valence-electron chi connectivity index (χ1n) is 7.01. The Kier molecular flexibility index (Phi) is 5.38. The van der Waals surface area contributed by atoms with Gasteiger partial charge in [0.1, 0.15) is 0 Å². The molecule has 2 rings (SSSR count). The number of aromatic nitrogens is 2. The molecule has 0 atom stereocenters. The highest BCUT2D eigenvalue weighted by Gasteiger charge is 2.19. The van der Waals surface area contributed by atoms with Crippen molar-refractivity contribution in [3.8, 4) is 0 Å². The van der Waals surface area contributed by atoms with E-state index in [-0.39, 0.29) is 5.78 Å². The molecule has 5 heteroatoms. The molecule has 0 saturated carbocycles. The molecule has 0 amide bonds. The largest absolute Gasteiger partial charge is 0.294 e. The number of carbonyl (C=O) groups is 1. The Labute approximate surface area is 142 Å². The number of hydrogen-bond donors (Lipinski definition) is 0. The zero-order valence-corrected chi connectivity index (χ0v) is 15.6. The molecule has 0 unspecified atom stereocenters. The normalized spacial score (nSPS) is 10.9. The molecule has 1 aromatic heterocycles. The van der Waals surface area contributed by atoms with E-state index in [0.717, 1.165) is 44.4 Å². The number of benzene rings is 1. The lowest BCUT2D eigenvalue weighted by atomic mass is 10.0. The summed E-state index contributed by atoms with van der Waals surface area (Å²) in [7, 11) is 0. The van der Waals surface area contributed by atoms with Gasteiger partial charge in [-0.1, -0.05) is 28.9 Å². The van der Waals surface area contributed by atoms with Gasteiger partial charge in [0.05, 0.1) is 22.3 Å². The molecule has 21 heavy (non-hydrogen) atoms. The van der Waals surface area contributed by atoms with Gasteiger partial charge in [-0.05, 0) is 53.9 Å². The second-order valence-corrected chi connectivity index (χ2v) is 6.61. The van der Waals surface area contributed by atoms with E-state index in [2.05, 4.69) is 43.9 Å². The second-order valence-electron chi connectivity index (χ2n) is 4.96. The van der Waals surface area contributed by atoms with Gasteiger partial charge in [0.2, 0.25) is 0 Å². The van der Waals surface area contributed by atoms with Crippen LogP contribution in [0.25, 0.3) is 0 Å². The van der Waals surface area contributed by atoms with E-state index >= 15 is 0 Å². The lowest BCUT2D eigenvalue weighted by Crippen LogP contribution is -2.10. The molecule has 0 saturated heterocycles. The first kappa shape index (κ1) is 16.4. The minimum absolute atomic E-state index is 0.0971. The zero-order valence-electron chi connectivity index (χ0n) is 12.4. The number of rotatable bonds is 5. The summed E-state index contributed by atoms with van der Waals surface area (Å²) in [6, 6.07) is 5.81. The number of Topliss-reactive ketones (excluding diaryl/α,β-unsaturated/α-hetero) is 1. The van der Waals surface area contributed by atoms with Crippen molar-refractivity contribution in [1.29, 1.82) is 0 Å². The average Bonchev–Trinajstić information content (AvgIpc) is 2.75. The van der Waals surface area contributed by atoms with Crippen molar-refractivity contribution >= 4 is 37.6 Å². The maximum atomic E-state index is 12.6. The van der Waals surface area contributed by atoms with Gasteiger partial charge in [0.25, 0.3) is 0 Å². The van der Waals surface area contributed by atoms with Gasteiger partial charge in [-0.15, -0.1) is 0 Å². The van der Waals surface area contributed by atoms with Crippen LogP contribution in [0.5, 0.6) is 0 Å². The van der Waals surface area contributed by atoms with Crippen molar-refractivity contribution in [2.75, 3.05) is 0 Å². The molecule has 0 radical (unpaired) electrons. The summed E-state index contributed by atoms with van der Waals surface area (Å²) in [5.74, 6) is 0.0971. The van der Waals surface area contributed by atoms with Gasteiger partial charge < -0.3 is 0 Å². The smallest absolute Gasteiger partial charge is 0.169 e. The van der Waals surface area contributed by atoms with Crippen molar-refractivity contribution in [1.82, 2.24) is 9.78 Å². The van der Waals surface area contributed by atoms with Gasteiger partial charge in [-0.3, -0.25) is 9.48 Å². The lowest BCUT2D eigenvalue weighted by Gasteiger charge is -2.07. The summed E-state index contributed by atoms with van der Waals surface area (Å²) in [4.78, 5) is 12.6. The predicted octanol–water partition coefficient (Wildman–Crippen LogP) is 4.72. The third-order valence-electron chi connectivity index (χ3n) is 3.45. The van der Waals surface area contributed by atoms with Crippen molar-refractivity contribution in [3.05, 3.63) is 49.7 Å². The fourth-order valence-electron chi connectivity index (χ4n) is 2.28. The fraction of sp³-hybridized carbons (Fsp3) is 0.375. The van der Waals surface area contributed by atoms with Crippen LogP contribution >= 0.6 is 31.9 Å². The molecule has 1 heterocycles. The standard InChI is InChI=1S/C16H18Br2N2O/c1-4-13-16(18)14(20(5-2)19-13)9-15(21)11-7-6-10(3)8-12(11)17/h6-8H,4-5,9H2,1-3H3. The molecule has 0 spiro atoms. The number of ketones is 1. The Hall–Kier alpha value is -0.940. The van der Waals surface area contributed by atoms with Crippen molar-refractivity contribution < 1.29 is 4.79 Å². The van der Waals surface area contributed by atoms with Crippen molar-refractivity contribution in [3.63, 3.8) is 0 Å². The number of carbonyl (C=O) groups excluding carboxylic acids is 1. The summed E-state index contributed by atoms with van der Waals surface area (Å²) < 4.78 is 3.72. The number of aryl methyl sites for hydroxylation is 3. The first-order valence-corrected chi connectivity index (χ1v) is 8.59. The molecule has 0 aliphatic rings. The van der Waals surface area contributed by atoms with Gasteiger partial charge in [-0.25, -0.2) is 0 Å². The van der Waals surface area contributed by atoms with Gasteiger partial charge in [0, 0.05) is 16.6 Å². The summed E-state index contributed by atoms with van der Waals surface area (Å²) in [5.41, 5.74) is 3.80.